The summed E-state index contributed by atoms with van der Waals surface area (Å²) in [4.78, 5) is 10.8. The van der Waals surface area contributed by atoms with Gasteiger partial charge in [-0.1, -0.05) is 28.7 Å². The van der Waals surface area contributed by atoms with Crippen LogP contribution >= 0.6 is 22.6 Å². The van der Waals surface area contributed by atoms with Crippen LogP contribution in [0.4, 0.5) is 0 Å². The van der Waals surface area contributed by atoms with Crippen LogP contribution in [0.1, 0.15) is 21.5 Å². The maximum Gasteiger partial charge on any atom is 0.336 e. The first kappa shape index (κ1) is 11.3. The molecule has 0 bridgehead atoms. The number of halogens is 1. The van der Waals surface area contributed by atoms with Crippen LogP contribution in [0.2, 0.25) is 0 Å². The molecule has 1 N–H and O–H groups in total. The normalized spacial score (nSPS) is 9.93. The van der Waals surface area contributed by atoms with Gasteiger partial charge in [-0.25, -0.2) is 4.79 Å². The van der Waals surface area contributed by atoms with E-state index in [4.69, 9.17) is 9.84 Å². The van der Waals surface area contributed by atoms with Crippen LogP contribution in [0.15, 0.2) is 12.1 Å². The van der Waals surface area contributed by atoms with E-state index >= 15 is 0 Å². The van der Waals surface area contributed by atoms with Gasteiger partial charge in [-0.15, -0.1) is 0 Å². The van der Waals surface area contributed by atoms with Gasteiger partial charge >= 0.3 is 5.97 Å². The molecule has 0 aliphatic heterocycles. The molecule has 76 valence electrons. The predicted octanol–water partition coefficient (Wildman–Crippen LogP) is 2.64. The fourth-order valence-electron chi connectivity index (χ4n) is 1.37. The number of carboxylic acid groups (broad SMARTS) is 1. The van der Waals surface area contributed by atoms with Crippen molar-refractivity contribution in [2.45, 2.75) is 11.4 Å². The van der Waals surface area contributed by atoms with Gasteiger partial charge in [-0.3, -0.25) is 0 Å². The Balaban J connectivity index is 3.34. The molecule has 0 amide bonds. The fourth-order valence-corrected chi connectivity index (χ4v) is 1.97. The zero-order valence-corrected chi connectivity index (χ0v) is 10.2. The van der Waals surface area contributed by atoms with Gasteiger partial charge in [0.1, 0.15) is 5.75 Å². The number of hydrogen-bond donors (Lipinski definition) is 1. The lowest BCUT2D eigenvalue weighted by atomic mass is 10.0. The predicted molar refractivity (Wildman–Crippen MR) is 62.4 cm³/mol. The first-order chi connectivity index (χ1) is 6.61. The molecule has 1 rings (SSSR count). The molecule has 1 aromatic rings. The van der Waals surface area contributed by atoms with Gasteiger partial charge in [0.15, 0.2) is 0 Å². The van der Waals surface area contributed by atoms with Crippen molar-refractivity contribution in [1.82, 2.24) is 0 Å². The number of benzene rings is 1. The lowest BCUT2D eigenvalue weighted by Gasteiger charge is -2.11. The molecule has 0 heterocycles. The van der Waals surface area contributed by atoms with Gasteiger partial charge in [0.05, 0.1) is 12.7 Å². The number of hydrogen-bond acceptors (Lipinski definition) is 2. The quantitative estimate of drug-likeness (QED) is 0.690. The molecule has 0 spiro atoms. The van der Waals surface area contributed by atoms with E-state index in [9.17, 15) is 4.79 Å². The summed E-state index contributed by atoms with van der Waals surface area (Å²) in [7, 11) is 1.56. The van der Waals surface area contributed by atoms with Crippen molar-refractivity contribution < 1.29 is 14.6 Å². The molecule has 0 unspecified atom stereocenters. The van der Waals surface area contributed by atoms with Crippen molar-refractivity contribution in [3.8, 4) is 5.75 Å². The van der Waals surface area contributed by atoms with E-state index in [0.717, 1.165) is 9.99 Å². The Hall–Kier alpha value is -0.780. The molecule has 0 aliphatic rings. The van der Waals surface area contributed by atoms with Crippen molar-refractivity contribution in [3.63, 3.8) is 0 Å². The average molecular weight is 306 g/mol. The maximum atomic E-state index is 10.8. The highest BCUT2D eigenvalue weighted by molar-refractivity contribution is 14.1. The van der Waals surface area contributed by atoms with E-state index in [1.165, 1.54) is 0 Å². The van der Waals surface area contributed by atoms with E-state index in [1.54, 1.807) is 26.2 Å². The summed E-state index contributed by atoms with van der Waals surface area (Å²) in [6.07, 6.45) is 0. The summed E-state index contributed by atoms with van der Waals surface area (Å²) in [5.74, 6) is -0.236. The summed E-state index contributed by atoms with van der Waals surface area (Å²) < 4.78 is 6.00. The molecule has 0 aromatic heterocycles. The zero-order chi connectivity index (χ0) is 10.7. The molecule has 3 nitrogen and oxygen atoms in total. The van der Waals surface area contributed by atoms with E-state index in [2.05, 4.69) is 22.6 Å². The molecule has 0 aliphatic carbocycles. The van der Waals surface area contributed by atoms with Gasteiger partial charge in [0, 0.05) is 15.6 Å². The van der Waals surface area contributed by atoms with E-state index < -0.39 is 5.97 Å². The number of carboxylic acids is 1. The standard InChI is InChI=1S/C10H11IO3/c1-6-8(10(12)13)4-3-7(5-11)9(6)14-2/h3-4H,5H2,1-2H3,(H,12,13). The summed E-state index contributed by atoms with van der Waals surface area (Å²) in [6.45, 7) is 1.76. The summed E-state index contributed by atoms with van der Waals surface area (Å²) in [6, 6.07) is 3.41. The van der Waals surface area contributed by atoms with Crippen LogP contribution in [0.3, 0.4) is 0 Å². The smallest absolute Gasteiger partial charge is 0.336 e. The molecule has 0 radical (unpaired) electrons. The van der Waals surface area contributed by atoms with Crippen molar-refractivity contribution in [1.29, 1.82) is 0 Å². The highest BCUT2D eigenvalue weighted by Crippen LogP contribution is 2.28. The Labute approximate surface area is 96.2 Å². The van der Waals surface area contributed by atoms with Gasteiger partial charge in [-0.05, 0) is 13.0 Å². The van der Waals surface area contributed by atoms with Crippen molar-refractivity contribution in [2.75, 3.05) is 7.11 Å². The molecule has 14 heavy (non-hydrogen) atoms. The summed E-state index contributed by atoms with van der Waals surface area (Å²) in [5, 5.41) is 8.89. The van der Waals surface area contributed by atoms with Gasteiger partial charge in [0.25, 0.3) is 0 Å². The van der Waals surface area contributed by atoms with Gasteiger partial charge in [-0.2, -0.15) is 0 Å². The Morgan fingerprint density at radius 2 is 2.21 bits per heavy atom. The van der Waals surface area contributed by atoms with Crippen LogP contribution in [0.25, 0.3) is 0 Å². The first-order valence-electron chi connectivity index (χ1n) is 4.07. The number of methoxy groups -OCH3 is 1. The number of carbonyl (C=O) groups is 1. The average Bonchev–Trinajstić information content (AvgIpc) is 2.16. The second kappa shape index (κ2) is 4.63. The Morgan fingerprint density at radius 1 is 1.57 bits per heavy atom. The Kier molecular flexibility index (Phi) is 3.74. The lowest BCUT2D eigenvalue weighted by Crippen LogP contribution is -2.03. The minimum absolute atomic E-state index is 0.301. The lowest BCUT2D eigenvalue weighted by molar-refractivity contribution is 0.0695. The minimum Gasteiger partial charge on any atom is -0.496 e. The Morgan fingerprint density at radius 3 is 2.64 bits per heavy atom. The molecule has 0 fully saturated rings. The second-order valence-corrected chi connectivity index (χ2v) is 3.63. The number of rotatable bonds is 3. The fraction of sp³-hybridized carbons (Fsp3) is 0.300. The van der Waals surface area contributed by atoms with Crippen LogP contribution in [-0.4, -0.2) is 18.2 Å². The zero-order valence-electron chi connectivity index (χ0n) is 8.00. The largest absolute Gasteiger partial charge is 0.496 e. The highest BCUT2D eigenvalue weighted by Gasteiger charge is 2.13. The number of aromatic carboxylic acids is 1. The second-order valence-electron chi connectivity index (χ2n) is 2.87. The summed E-state index contributed by atoms with van der Waals surface area (Å²) in [5.41, 5.74) is 2.01. The summed E-state index contributed by atoms with van der Waals surface area (Å²) >= 11 is 2.22. The third-order valence-electron chi connectivity index (χ3n) is 2.07. The molecular weight excluding hydrogens is 295 g/mol. The molecular formula is C10H11IO3. The van der Waals surface area contributed by atoms with Crippen molar-refractivity contribution in [2.24, 2.45) is 0 Å². The van der Waals surface area contributed by atoms with Gasteiger partial charge < -0.3 is 9.84 Å². The van der Waals surface area contributed by atoms with E-state index in [0.29, 0.717) is 16.9 Å². The van der Waals surface area contributed by atoms with Gasteiger partial charge in [0.2, 0.25) is 0 Å². The van der Waals surface area contributed by atoms with Crippen LogP contribution in [0.5, 0.6) is 5.75 Å². The van der Waals surface area contributed by atoms with Crippen molar-refractivity contribution in [3.05, 3.63) is 28.8 Å². The molecule has 0 saturated heterocycles. The minimum atomic E-state index is -0.916. The maximum absolute atomic E-state index is 10.8. The molecule has 0 atom stereocenters. The van der Waals surface area contributed by atoms with Crippen LogP contribution < -0.4 is 4.74 Å². The topological polar surface area (TPSA) is 46.5 Å². The van der Waals surface area contributed by atoms with Crippen LogP contribution in [0, 0.1) is 6.92 Å². The van der Waals surface area contributed by atoms with E-state index in [1.807, 2.05) is 0 Å². The van der Waals surface area contributed by atoms with E-state index in [-0.39, 0.29) is 0 Å². The highest BCUT2D eigenvalue weighted by atomic mass is 127. The SMILES string of the molecule is COc1c(CI)ccc(C(=O)O)c1C. The number of ether oxygens (including phenoxy) is 1. The van der Waals surface area contributed by atoms with Crippen LogP contribution in [-0.2, 0) is 4.43 Å². The third kappa shape index (κ3) is 2.00. The first-order valence-corrected chi connectivity index (χ1v) is 5.60. The molecule has 0 saturated carbocycles. The third-order valence-corrected chi connectivity index (χ3v) is 2.89. The Bertz CT molecular complexity index is 361. The number of alkyl halides is 1. The van der Waals surface area contributed by atoms with Crippen molar-refractivity contribution >= 4 is 28.6 Å². The molecule has 1 aromatic carbocycles. The monoisotopic (exact) mass is 306 g/mol. The molecule has 4 heteroatoms.